The first kappa shape index (κ1) is 22.2. The second-order valence-corrected chi connectivity index (χ2v) is 42.9. The normalized spacial score (nSPS) is 18.4. The van der Waals surface area contributed by atoms with E-state index in [1.165, 1.54) is 18.9 Å². The van der Waals surface area contributed by atoms with Crippen LogP contribution >= 0.6 is 59.9 Å². The van der Waals surface area contributed by atoms with Crippen LogP contribution in [0.25, 0.3) is 0 Å². The first-order chi connectivity index (χ1) is 5.44. The van der Waals surface area contributed by atoms with Gasteiger partial charge in [-0.3, -0.25) is 0 Å². The Kier molecular flexibility index (Phi) is 19.6. The fourth-order valence-electron chi connectivity index (χ4n) is 1.07. The molecule has 0 aromatic heterocycles. The van der Waals surface area contributed by atoms with Gasteiger partial charge in [0.15, 0.2) is 8.32 Å². The molecule has 1 fully saturated rings. The molecule has 0 N–H and O–H groups in total. The van der Waals surface area contributed by atoms with E-state index < -0.39 is 8.32 Å². The average Bonchev–Trinajstić information content (AvgIpc) is 1.85. The molecule has 0 unspecified atom stereocenters. The van der Waals surface area contributed by atoms with Gasteiger partial charge in [0, 0.05) is 6.61 Å². The average molecular weight is 594 g/mol. The van der Waals surface area contributed by atoms with Crippen LogP contribution in [0, 0.1) is 0 Å². The van der Waals surface area contributed by atoms with Gasteiger partial charge in [0.1, 0.15) is 0 Å². The van der Waals surface area contributed by atoms with Gasteiger partial charge in [0.05, 0.1) is 0 Å². The first-order valence-electron chi connectivity index (χ1n) is 3.85. The van der Waals surface area contributed by atoms with Crippen molar-refractivity contribution in [2.45, 2.75) is 46.8 Å². The predicted octanol–water partition coefficient (Wildman–Crippen LogP) is 5.93. The van der Waals surface area contributed by atoms with Crippen LogP contribution in [-0.2, 0) is 9.35 Å². The maximum atomic E-state index is 5.60. The molecule has 0 aliphatic carbocycles. The van der Waals surface area contributed by atoms with Gasteiger partial charge in [0.25, 0.3) is 0 Å². The zero-order chi connectivity index (χ0) is 9.61. The monoisotopic (exact) mass is 594 g/mol. The minimum absolute atomic E-state index is 0. The number of hydrogen-bond acceptors (Lipinski definition) is 1. The summed E-state index contributed by atoms with van der Waals surface area (Å²) in [6.45, 7) is 5.62. The van der Waals surface area contributed by atoms with E-state index in [9.17, 15) is 0 Å². The van der Waals surface area contributed by atoms with Crippen molar-refractivity contribution in [3.05, 3.63) is 0 Å². The zero-order valence-electron chi connectivity index (χ0n) is 7.32. The van der Waals surface area contributed by atoms with Crippen molar-refractivity contribution in [2.24, 2.45) is 0 Å². The molecule has 0 bridgehead atoms. The molecule has 6 heteroatoms. The van der Waals surface area contributed by atoms with Gasteiger partial charge in [0.2, 0.25) is 0 Å². The fraction of sp³-hybridized carbons (Fsp3) is 1.00. The van der Waals surface area contributed by atoms with Crippen LogP contribution in [0.15, 0.2) is 0 Å². The molecule has 1 aliphatic rings. The van der Waals surface area contributed by atoms with Gasteiger partial charge in [-0.25, -0.2) is 0 Å². The van der Waals surface area contributed by atoms with E-state index in [0.29, 0.717) is 0 Å². The number of halogens is 3. The van der Waals surface area contributed by atoms with Crippen molar-refractivity contribution in [1.82, 2.24) is 0 Å². The Bertz CT molecular complexity index is 114. The van der Waals surface area contributed by atoms with Crippen molar-refractivity contribution in [3.63, 3.8) is 0 Å². The van der Waals surface area contributed by atoms with Crippen LogP contribution in [0.2, 0.25) is 19.1 Å². The van der Waals surface area contributed by atoms with Crippen molar-refractivity contribution in [1.29, 1.82) is 0 Å². The first-order valence-corrected chi connectivity index (χ1v) is 20.5. The summed E-state index contributed by atoms with van der Waals surface area (Å²) < 4.78 is 5.60. The van der Waals surface area contributed by atoms with E-state index in [4.69, 9.17) is 4.43 Å². The third-order valence-electron chi connectivity index (χ3n) is 1.67. The molecule has 0 aromatic rings. The third kappa shape index (κ3) is 17.3. The predicted molar refractivity (Wildman–Crippen MR) is 93.0 cm³/mol. The molecule has 1 heterocycles. The molecule has 0 radical (unpaired) electrons. The molecule has 1 saturated heterocycles. The molecule has 0 aromatic carbocycles. The molecular weight excluding hydrogens is 572 g/mol. The summed E-state index contributed by atoms with van der Waals surface area (Å²) in [7, 11) is -1.09. The van der Waals surface area contributed by atoms with Crippen molar-refractivity contribution < 1.29 is 9.35 Å². The van der Waals surface area contributed by atoms with Crippen LogP contribution in [-0.4, -0.2) is 14.9 Å². The molecule has 1 aliphatic heterocycles. The van der Waals surface area contributed by atoms with E-state index in [-0.39, 0.29) is 19.8 Å². The molecule has 1 nitrogen and oxygen atoms in total. The molecule has 1 rings (SSSR count). The van der Waals surface area contributed by atoms with Crippen LogP contribution in [0.4, 0.5) is 0 Å². The maximum absolute atomic E-state index is 5.60. The van der Waals surface area contributed by atoms with Gasteiger partial charge in [-0.15, -0.1) is 0 Å². The summed E-state index contributed by atoms with van der Waals surface area (Å²) in [5.41, 5.74) is 0. The Morgan fingerprint density at radius 1 is 1.07 bits per heavy atom. The van der Waals surface area contributed by atoms with Crippen molar-refractivity contribution >= 4 is 68.3 Å². The Morgan fingerprint density at radius 3 is 1.64 bits per heavy atom. The molecule has 0 amide bonds. The second-order valence-electron chi connectivity index (χ2n) is 3.26. The summed E-state index contributed by atoms with van der Waals surface area (Å²) in [6, 6.07) is 1.37. The van der Waals surface area contributed by atoms with Crippen LogP contribution in [0.5, 0.6) is 0 Å². The van der Waals surface area contributed by atoms with Gasteiger partial charge < -0.3 is 4.43 Å². The van der Waals surface area contributed by atoms with Crippen LogP contribution in [0.3, 0.4) is 0 Å². The van der Waals surface area contributed by atoms with Gasteiger partial charge in [-0.1, -0.05) is 21.3 Å². The SMILES string of the molecule is C.C.C[Si]1(C)CCCCO1.[I][V]([I])[I]. The standard InChI is InChI=1S/C6H14OSi.2CH4.3HI.V/c1-8(2)6-4-3-5-7-8;;;;;;/h3-6H2,1-2H3;2*1H4;3*1H;/q;;;;;;+3/p-3. The van der Waals surface area contributed by atoms with Crippen LogP contribution in [0.1, 0.15) is 27.7 Å². The topological polar surface area (TPSA) is 9.23 Å². The number of hydrogen-bond donors (Lipinski definition) is 0. The Balaban J connectivity index is -0.000000180. The summed E-state index contributed by atoms with van der Waals surface area (Å²) >= 11 is 7.39. The van der Waals surface area contributed by atoms with E-state index in [1.54, 1.807) is 0 Å². The van der Waals surface area contributed by atoms with E-state index >= 15 is 0 Å². The van der Waals surface area contributed by atoms with Gasteiger partial charge in [-0.05, 0) is 25.6 Å². The summed E-state index contributed by atoms with van der Waals surface area (Å²) in [4.78, 5) is -0.278. The zero-order valence-corrected chi connectivity index (χ0v) is 16.2. The van der Waals surface area contributed by atoms with Crippen molar-refractivity contribution in [2.75, 3.05) is 6.61 Å². The quantitative estimate of drug-likeness (QED) is 0.250. The molecule has 90 valence electrons. The summed E-state index contributed by atoms with van der Waals surface area (Å²) in [5, 5.41) is 0. The molecular formula is C8H22I3OSiV. The fourth-order valence-corrected chi connectivity index (χ4v) is 3.02. The van der Waals surface area contributed by atoms with Gasteiger partial charge >= 0.3 is 64.9 Å². The van der Waals surface area contributed by atoms with Crippen molar-refractivity contribution in [3.8, 4) is 0 Å². The van der Waals surface area contributed by atoms with E-state index in [1.807, 2.05) is 0 Å². The Hall–Kier alpha value is 2.95. The molecule has 0 saturated carbocycles. The number of rotatable bonds is 0. The van der Waals surface area contributed by atoms with E-state index in [2.05, 4.69) is 73.0 Å². The summed E-state index contributed by atoms with van der Waals surface area (Å²) in [6.07, 6.45) is 2.69. The summed E-state index contributed by atoms with van der Waals surface area (Å²) in [5.74, 6) is 0. The Labute approximate surface area is 129 Å². The Morgan fingerprint density at radius 2 is 1.50 bits per heavy atom. The third-order valence-corrected chi connectivity index (χ3v) is 4.21. The van der Waals surface area contributed by atoms with Gasteiger partial charge in [-0.2, -0.15) is 0 Å². The second kappa shape index (κ2) is 12.4. The molecule has 0 spiro atoms. The minimum atomic E-state index is -1.09. The van der Waals surface area contributed by atoms with E-state index in [0.717, 1.165) is 6.61 Å². The molecule has 14 heavy (non-hydrogen) atoms. The molecule has 0 atom stereocenters. The van der Waals surface area contributed by atoms with Crippen LogP contribution < -0.4 is 0 Å².